The molecule has 37 heavy (non-hydrogen) atoms. The maximum Gasteiger partial charge on any atom is 0.408 e. The average Bonchev–Trinajstić information content (AvgIpc) is 2.80. The van der Waals surface area contributed by atoms with Gasteiger partial charge in [0.2, 0.25) is 11.8 Å². The number of carbonyl (C=O) groups excluding carboxylic acids is 4. The Kier molecular flexibility index (Phi) is 13.1. The van der Waals surface area contributed by atoms with Crippen molar-refractivity contribution in [3.8, 4) is 0 Å². The predicted octanol–water partition coefficient (Wildman–Crippen LogP) is 2.87. The van der Waals surface area contributed by atoms with Crippen LogP contribution in [0.25, 0.3) is 0 Å². The van der Waals surface area contributed by atoms with Crippen molar-refractivity contribution in [3.05, 3.63) is 35.4 Å². The smallest absolute Gasteiger partial charge is 0.408 e. The van der Waals surface area contributed by atoms with Crippen molar-refractivity contribution in [3.63, 3.8) is 0 Å². The Hall–Kier alpha value is -3.14. The number of amides is 3. The Bertz CT molecular complexity index is 914. The Morgan fingerprint density at radius 1 is 1.14 bits per heavy atom. The summed E-state index contributed by atoms with van der Waals surface area (Å²) in [6.45, 7) is 12.1. The van der Waals surface area contributed by atoms with Gasteiger partial charge in [0, 0.05) is 13.1 Å². The van der Waals surface area contributed by atoms with Gasteiger partial charge in [0.05, 0.1) is 19.6 Å². The molecule has 0 fully saturated rings. The van der Waals surface area contributed by atoms with Crippen LogP contribution in [-0.2, 0) is 23.9 Å². The highest BCUT2D eigenvalue weighted by molar-refractivity contribution is 5.92. The van der Waals surface area contributed by atoms with Gasteiger partial charge >= 0.3 is 12.1 Å². The van der Waals surface area contributed by atoms with Crippen molar-refractivity contribution in [1.29, 1.82) is 0 Å². The maximum atomic E-state index is 13.9. The van der Waals surface area contributed by atoms with E-state index in [-0.39, 0.29) is 32.0 Å². The molecule has 3 N–H and O–H groups in total. The Labute approximate surface area is 220 Å². The highest BCUT2D eigenvalue weighted by Gasteiger charge is 2.38. The lowest BCUT2D eigenvalue weighted by Crippen LogP contribution is -2.55. The minimum absolute atomic E-state index is 0.0199. The number of aliphatic hydroxyl groups excluding tert-OH is 1. The van der Waals surface area contributed by atoms with Gasteiger partial charge in [-0.25, -0.2) is 4.79 Å². The lowest BCUT2D eigenvalue weighted by atomic mass is 9.95. The summed E-state index contributed by atoms with van der Waals surface area (Å²) in [5.41, 5.74) is 0.653. The molecule has 3 atom stereocenters. The standard InChI is InChI=1S/C27H43N3O7/c1-8-19(4)22(29-26(35)37-27(5,6)7)25(34)30(15-16-31)23(20-12-10-11-18(3)17-20)24(33)28-14-13-21(32)36-9-2/h10-12,17,19,22-23,31H,8-9,13-16H2,1-7H3,(H,28,33)(H,29,35). The molecule has 0 aliphatic rings. The number of hydrogen-bond acceptors (Lipinski definition) is 7. The van der Waals surface area contributed by atoms with Gasteiger partial charge in [-0.05, 0) is 46.1 Å². The normalized spacial score (nSPS) is 13.6. The van der Waals surface area contributed by atoms with Crippen LogP contribution in [0.15, 0.2) is 24.3 Å². The molecule has 0 bridgehead atoms. The second kappa shape index (κ2) is 15.2. The van der Waals surface area contributed by atoms with Crippen LogP contribution >= 0.6 is 0 Å². The fraction of sp³-hybridized carbons (Fsp3) is 0.630. The van der Waals surface area contributed by atoms with Crippen LogP contribution in [0.1, 0.15) is 71.6 Å². The number of alkyl carbamates (subject to hydrolysis) is 1. The first-order valence-electron chi connectivity index (χ1n) is 12.7. The number of nitrogens with one attached hydrogen (secondary N) is 2. The van der Waals surface area contributed by atoms with Gasteiger partial charge in [-0.1, -0.05) is 50.1 Å². The molecular weight excluding hydrogens is 478 g/mol. The fourth-order valence-electron chi connectivity index (χ4n) is 3.70. The molecule has 3 amide bonds. The van der Waals surface area contributed by atoms with E-state index in [4.69, 9.17) is 9.47 Å². The molecule has 0 saturated heterocycles. The second-order valence-corrected chi connectivity index (χ2v) is 9.93. The summed E-state index contributed by atoms with van der Waals surface area (Å²) in [4.78, 5) is 52.9. The molecule has 0 aromatic heterocycles. The first-order valence-corrected chi connectivity index (χ1v) is 12.7. The van der Waals surface area contributed by atoms with Crippen molar-refractivity contribution in [2.45, 2.75) is 79.0 Å². The number of esters is 1. The number of carbonyl (C=O) groups is 4. The molecule has 1 rings (SSSR count). The zero-order valence-electron chi connectivity index (χ0n) is 23.1. The van der Waals surface area contributed by atoms with Crippen molar-refractivity contribution in [2.75, 3.05) is 26.3 Å². The van der Waals surface area contributed by atoms with E-state index >= 15 is 0 Å². The van der Waals surface area contributed by atoms with E-state index in [1.54, 1.807) is 45.9 Å². The third kappa shape index (κ3) is 10.8. The monoisotopic (exact) mass is 521 g/mol. The highest BCUT2D eigenvalue weighted by Crippen LogP contribution is 2.25. The number of aliphatic hydroxyl groups is 1. The molecular formula is C27H43N3O7. The number of rotatable bonds is 13. The van der Waals surface area contributed by atoms with Gasteiger partial charge in [0.1, 0.15) is 17.7 Å². The van der Waals surface area contributed by atoms with E-state index in [1.165, 1.54) is 4.90 Å². The molecule has 0 spiro atoms. The van der Waals surface area contributed by atoms with Crippen molar-refractivity contribution >= 4 is 23.9 Å². The van der Waals surface area contributed by atoms with Crippen LogP contribution in [0, 0.1) is 12.8 Å². The minimum atomic E-state index is -1.10. The zero-order chi connectivity index (χ0) is 28.2. The van der Waals surface area contributed by atoms with Crippen LogP contribution < -0.4 is 10.6 Å². The Balaban J connectivity index is 3.36. The predicted molar refractivity (Wildman–Crippen MR) is 140 cm³/mol. The summed E-state index contributed by atoms with van der Waals surface area (Å²) in [7, 11) is 0. The summed E-state index contributed by atoms with van der Waals surface area (Å²) < 4.78 is 10.3. The first-order chi connectivity index (χ1) is 17.3. The maximum absolute atomic E-state index is 13.9. The van der Waals surface area contributed by atoms with Crippen LogP contribution in [0.2, 0.25) is 0 Å². The van der Waals surface area contributed by atoms with Crippen LogP contribution in [0.3, 0.4) is 0 Å². The Morgan fingerprint density at radius 3 is 2.35 bits per heavy atom. The molecule has 1 aromatic carbocycles. The summed E-state index contributed by atoms with van der Waals surface area (Å²) in [5, 5.41) is 15.2. The molecule has 10 heteroatoms. The van der Waals surface area contributed by atoms with E-state index < -0.39 is 48.2 Å². The number of nitrogens with zero attached hydrogens (tertiary/aromatic N) is 1. The van der Waals surface area contributed by atoms with Gasteiger partial charge in [-0.2, -0.15) is 0 Å². The Morgan fingerprint density at radius 2 is 1.81 bits per heavy atom. The van der Waals surface area contributed by atoms with Crippen LogP contribution in [0.5, 0.6) is 0 Å². The fourth-order valence-corrected chi connectivity index (χ4v) is 3.70. The van der Waals surface area contributed by atoms with Crippen LogP contribution in [0.4, 0.5) is 4.79 Å². The van der Waals surface area contributed by atoms with E-state index in [9.17, 15) is 24.3 Å². The molecule has 0 heterocycles. The van der Waals surface area contributed by atoms with Crippen molar-refractivity contribution in [1.82, 2.24) is 15.5 Å². The summed E-state index contributed by atoms with van der Waals surface area (Å²) in [5.74, 6) is -1.78. The molecule has 0 aliphatic heterocycles. The molecule has 1 aromatic rings. The highest BCUT2D eigenvalue weighted by atomic mass is 16.6. The topological polar surface area (TPSA) is 134 Å². The third-order valence-electron chi connectivity index (χ3n) is 5.63. The summed E-state index contributed by atoms with van der Waals surface area (Å²) in [6, 6.07) is 5.05. The van der Waals surface area contributed by atoms with E-state index in [1.807, 2.05) is 26.8 Å². The summed E-state index contributed by atoms with van der Waals surface area (Å²) >= 11 is 0. The van der Waals surface area contributed by atoms with Gasteiger partial charge in [-0.15, -0.1) is 0 Å². The summed E-state index contributed by atoms with van der Waals surface area (Å²) in [6.07, 6.45) is -0.204. The molecule has 208 valence electrons. The molecule has 0 radical (unpaired) electrons. The van der Waals surface area contributed by atoms with Gasteiger partial charge in [0.15, 0.2) is 0 Å². The van der Waals surface area contributed by atoms with Gasteiger partial charge in [-0.3, -0.25) is 14.4 Å². The van der Waals surface area contributed by atoms with E-state index in [0.717, 1.165) is 5.56 Å². The SMILES string of the molecule is CCOC(=O)CCNC(=O)C(c1cccc(C)c1)N(CCO)C(=O)C(NC(=O)OC(C)(C)C)C(C)CC. The molecule has 3 unspecified atom stereocenters. The van der Waals surface area contributed by atoms with Gasteiger partial charge in [0.25, 0.3) is 0 Å². The number of ether oxygens (including phenoxy) is 2. The zero-order valence-corrected chi connectivity index (χ0v) is 23.1. The third-order valence-corrected chi connectivity index (χ3v) is 5.63. The van der Waals surface area contributed by atoms with Crippen molar-refractivity contribution < 1.29 is 33.8 Å². The second-order valence-electron chi connectivity index (χ2n) is 9.93. The minimum Gasteiger partial charge on any atom is -0.466 e. The lowest BCUT2D eigenvalue weighted by Gasteiger charge is -2.35. The lowest BCUT2D eigenvalue weighted by molar-refractivity contribution is -0.145. The first kappa shape index (κ1) is 31.9. The molecule has 10 nitrogen and oxygen atoms in total. The van der Waals surface area contributed by atoms with E-state index in [2.05, 4.69) is 10.6 Å². The van der Waals surface area contributed by atoms with Crippen molar-refractivity contribution in [2.24, 2.45) is 5.92 Å². The quantitative estimate of drug-likeness (QED) is 0.340. The largest absolute Gasteiger partial charge is 0.466 e. The molecule has 0 saturated carbocycles. The molecule has 0 aliphatic carbocycles. The number of hydrogen-bond donors (Lipinski definition) is 3. The number of benzene rings is 1. The number of aryl methyl sites for hydroxylation is 1. The average molecular weight is 522 g/mol. The van der Waals surface area contributed by atoms with E-state index in [0.29, 0.717) is 12.0 Å². The van der Waals surface area contributed by atoms with Crippen LogP contribution in [-0.4, -0.2) is 71.8 Å². The van der Waals surface area contributed by atoms with Gasteiger partial charge < -0.3 is 30.1 Å².